The van der Waals surface area contributed by atoms with Crippen LogP contribution in [0.25, 0.3) is 5.70 Å². The number of sulfonamides is 1. The van der Waals surface area contributed by atoms with Crippen LogP contribution < -0.4 is 14.5 Å². The van der Waals surface area contributed by atoms with E-state index in [0.29, 0.717) is 43.5 Å². The molecule has 1 N–H and O–H groups in total. The Bertz CT molecular complexity index is 1260. The number of anilines is 2. The molecule has 0 amide bonds. The SMILES string of the molecule is C=C(c1cc(S(=O)(=O)NC)ccc1N1CCC(CC)C1)N1CCN(c2ccc(C(F)(F)F)c(F)c2)CC1. The standard InChI is InChI=1S/C26H32F4N4O2S/c1-4-19-9-10-34(17-19)25-8-6-21(37(35,36)31-3)16-22(25)18(2)32-11-13-33(14-12-32)20-5-7-23(24(27)15-20)26(28,29)30/h5-8,15-16,19,31H,2,4,9-14,17H2,1,3H3. The van der Waals surface area contributed by atoms with E-state index >= 15 is 0 Å². The van der Waals surface area contributed by atoms with Crippen LogP contribution in [0.15, 0.2) is 47.9 Å². The van der Waals surface area contributed by atoms with Gasteiger partial charge in [-0.25, -0.2) is 17.5 Å². The van der Waals surface area contributed by atoms with Crippen molar-refractivity contribution in [3.63, 3.8) is 0 Å². The Kier molecular flexibility index (Phi) is 7.75. The topological polar surface area (TPSA) is 55.9 Å². The van der Waals surface area contributed by atoms with Crippen LogP contribution in [0.4, 0.5) is 28.9 Å². The zero-order valence-electron chi connectivity index (χ0n) is 21.0. The summed E-state index contributed by atoms with van der Waals surface area (Å²) in [5, 5.41) is 0. The molecule has 0 aliphatic carbocycles. The number of benzene rings is 2. The van der Waals surface area contributed by atoms with E-state index in [9.17, 15) is 26.0 Å². The third-order valence-electron chi connectivity index (χ3n) is 7.35. The quantitative estimate of drug-likeness (QED) is 0.513. The molecule has 2 heterocycles. The van der Waals surface area contributed by atoms with Crippen LogP contribution in [0.5, 0.6) is 0 Å². The summed E-state index contributed by atoms with van der Waals surface area (Å²) in [5.74, 6) is -0.713. The van der Waals surface area contributed by atoms with E-state index in [-0.39, 0.29) is 4.90 Å². The minimum atomic E-state index is -4.74. The molecule has 2 fully saturated rings. The molecule has 1 atom stereocenters. The maximum Gasteiger partial charge on any atom is 0.419 e. The molecule has 1 unspecified atom stereocenters. The highest BCUT2D eigenvalue weighted by atomic mass is 32.2. The van der Waals surface area contributed by atoms with Gasteiger partial charge in [-0.2, -0.15) is 13.2 Å². The van der Waals surface area contributed by atoms with Crippen molar-refractivity contribution in [3.05, 3.63) is 59.9 Å². The lowest BCUT2D eigenvalue weighted by molar-refractivity contribution is -0.139. The average molecular weight is 541 g/mol. The van der Waals surface area contributed by atoms with E-state index in [2.05, 4.69) is 23.1 Å². The fourth-order valence-corrected chi connectivity index (χ4v) is 5.78. The van der Waals surface area contributed by atoms with E-state index in [1.54, 1.807) is 12.1 Å². The molecule has 0 radical (unpaired) electrons. The van der Waals surface area contributed by atoms with Gasteiger partial charge in [0.15, 0.2) is 0 Å². The summed E-state index contributed by atoms with van der Waals surface area (Å²) >= 11 is 0. The van der Waals surface area contributed by atoms with E-state index in [0.717, 1.165) is 49.3 Å². The molecule has 0 saturated carbocycles. The molecule has 0 aromatic heterocycles. The van der Waals surface area contributed by atoms with Crippen LogP contribution in [0.1, 0.15) is 30.9 Å². The second-order valence-corrected chi connectivity index (χ2v) is 11.4. The summed E-state index contributed by atoms with van der Waals surface area (Å²) in [6.07, 6.45) is -2.59. The van der Waals surface area contributed by atoms with E-state index in [1.807, 2.05) is 15.9 Å². The third-order valence-corrected chi connectivity index (χ3v) is 8.76. The number of alkyl halides is 3. The molecule has 2 aliphatic heterocycles. The second-order valence-electron chi connectivity index (χ2n) is 9.48. The number of nitrogens with one attached hydrogen (secondary N) is 1. The average Bonchev–Trinajstić information content (AvgIpc) is 3.36. The van der Waals surface area contributed by atoms with Crippen molar-refractivity contribution in [2.75, 3.05) is 56.1 Å². The van der Waals surface area contributed by atoms with E-state index < -0.39 is 27.6 Å². The highest BCUT2D eigenvalue weighted by molar-refractivity contribution is 7.89. The monoisotopic (exact) mass is 540 g/mol. The lowest BCUT2D eigenvalue weighted by Crippen LogP contribution is -2.45. The summed E-state index contributed by atoms with van der Waals surface area (Å²) in [7, 11) is -2.29. The maximum absolute atomic E-state index is 14.1. The molecule has 4 rings (SSSR count). The summed E-state index contributed by atoms with van der Waals surface area (Å²) in [5.41, 5.74) is 1.47. The lowest BCUT2D eigenvalue weighted by atomic mass is 10.1. The first-order valence-electron chi connectivity index (χ1n) is 12.3. The zero-order chi connectivity index (χ0) is 27.0. The van der Waals surface area contributed by atoms with Crippen LogP contribution in [0.2, 0.25) is 0 Å². The molecule has 2 aliphatic rings. The Morgan fingerprint density at radius 3 is 2.32 bits per heavy atom. The zero-order valence-corrected chi connectivity index (χ0v) is 21.8. The van der Waals surface area contributed by atoms with Crippen molar-refractivity contribution < 1.29 is 26.0 Å². The summed E-state index contributed by atoms with van der Waals surface area (Å²) < 4.78 is 80.3. The van der Waals surface area contributed by atoms with Crippen LogP contribution in [0.3, 0.4) is 0 Å². The predicted octanol–water partition coefficient (Wildman–Crippen LogP) is 4.78. The van der Waals surface area contributed by atoms with Gasteiger partial charge in [-0.05, 0) is 55.8 Å². The summed E-state index contributed by atoms with van der Waals surface area (Å²) in [4.78, 5) is 6.30. The van der Waals surface area contributed by atoms with Crippen molar-refractivity contribution in [3.8, 4) is 0 Å². The van der Waals surface area contributed by atoms with Crippen molar-refractivity contribution in [1.82, 2.24) is 9.62 Å². The Morgan fingerprint density at radius 1 is 1.05 bits per heavy atom. The van der Waals surface area contributed by atoms with Gasteiger partial charge in [0.25, 0.3) is 0 Å². The molecule has 0 spiro atoms. The van der Waals surface area contributed by atoms with Gasteiger partial charge in [-0.15, -0.1) is 0 Å². The third kappa shape index (κ3) is 5.72. The van der Waals surface area contributed by atoms with Gasteiger partial charge in [0.2, 0.25) is 10.0 Å². The molecule has 0 bridgehead atoms. The highest BCUT2D eigenvalue weighted by Gasteiger charge is 2.34. The van der Waals surface area contributed by atoms with E-state index in [4.69, 9.17) is 0 Å². The fourth-order valence-electron chi connectivity index (χ4n) is 5.03. The molecule has 202 valence electrons. The molecule has 2 saturated heterocycles. The largest absolute Gasteiger partial charge is 0.419 e. The van der Waals surface area contributed by atoms with Crippen LogP contribution >= 0.6 is 0 Å². The predicted molar refractivity (Wildman–Crippen MR) is 138 cm³/mol. The van der Waals surface area contributed by atoms with Gasteiger partial charge in [0, 0.05) is 61.9 Å². The number of halogens is 4. The maximum atomic E-state index is 14.1. The van der Waals surface area contributed by atoms with Gasteiger partial charge in [-0.1, -0.05) is 19.9 Å². The van der Waals surface area contributed by atoms with Gasteiger partial charge in [0.1, 0.15) is 5.82 Å². The number of hydrogen-bond donors (Lipinski definition) is 1. The molecular formula is C26H32F4N4O2S. The van der Waals surface area contributed by atoms with Crippen molar-refractivity contribution in [2.45, 2.75) is 30.8 Å². The van der Waals surface area contributed by atoms with Crippen LogP contribution in [-0.4, -0.2) is 59.6 Å². The van der Waals surface area contributed by atoms with Crippen molar-refractivity contribution in [1.29, 1.82) is 0 Å². The lowest BCUT2D eigenvalue weighted by Gasteiger charge is -2.39. The van der Waals surface area contributed by atoms with Gasteiger partial charge in [-0.3, -0.25) is 0 Å². The normalized spacial score (nSPS) is 19.0. The first kappa shape index (κ1) is 27.3. The molecule has 11 heteroatoms. The van der Waals surface area contributed by atoms with E-state index in [1.165, 1.54) is 13.1 Å². The molecule has 37 heavy (non-hydrogen) atoms. The molecule has 2 aromatic rings. The first-order chi connectivity index (χ1) is 17.4. The second kappa shape index (κ2) is 10.5. The molecule has 6 nitrogen and oxygen atoms in total. The highest BCUT2D eigenvalue weighted by Crippen LogP contribution is 2.36. The van der Waals surface area contributed by atoms with Crippen LogP contribution in [0, 0.1) is 11.7 Å². The molecule has 2 aromatic carbocycles. The Balaban J connectivity index is 1.55. The number of rotatable bonds is 7. The van der Waals surface area contributed by atoms with Crippen molar-refractivity contribution >= 4 is 27.1 Å². The van der Waals surface area contributed by atoms with Gasteiger partial charge >= 0.3 is 6.18 Å². The smallest absolute Gasteiger partial charge is 0.371 e. The first-order valence-corrected chi connectivity index (χ1v) is 13.8. The van der Waals surface area contributed by atoms with Crippen LogP contribution in [-0.2, 0) is 16.2 Å². The number of piperazine rings is 1. The summed E-state index contributed by atoms with van der Waals surface area (Å²) in [6, 6.07) is 8.08. The van der Waals surface area contributed by atoms with Crippen molar-refractivity contribution in [2.24, 2.45) is 5.92 Å². The Labute approximate surface area is 215 Å². The fraction of sp³-hybridized carbons (Fsp3) is 0.462. The number of nitrogens with zero attached hydrogens (tertiary/aromatic N) is 3. The van der Waals surface area contributed by atoms with Gasteiger partial charge in [0.05, 0.1) is 10.5 Å². The number of hydrogen-bond acceptors (Lipinski definition) is 5. The minimum Gasteiger partial charge on any atom is -0.371 e. The molecular weight excluding hydrogens is 508 g/mol. The summed E-state index contributed by atoms with van der Waals surface area (Å²) in [6.45, 7) is 10.1. The van der Waals surface area contributed by atoms with Gasteiger partial charge < -0.3 is 14.7 Å². The Hall–Kier alpha value is -2.79. The minimum absolute atomic E-state index is 0.153. The Morgan fingerprint density at radius 2 is 1.76 bits per heavy atom.